The zero-order chi connectivity index (χ0) is 15.2. The third-order valence-electron chi connectivity index (χ3n) is 3.27. The fraction of sp³-hybridized carbons (Fsp3) is 0.600. The number of nitrogens with one attached hydrogen (secondary N) is 1. The van der Waals surface area contributed by atoms with E-state index in [1.165, 1.54) is 0 Å². The van der Waals surface area contributed by atoms with E-state index in [1.54, 1.807) is 11.2 Å². The summed E-state index contributed by atoms with van der Waals surface area (Å²) in [5.41, 5.74) is 1.01. The first-order chi connectivity index (χ1) is 9.39. The SMILES string of the molecule is CCNCC(C)S(=O)(=O)N(Cc1ccccc1)C(C)C. The minimum Gasteiger partial charge on any atom is -0.316 e. The Kier molecular flexibility index (Phi) is 6.65. The van der Waals surface area contributed by atoms with E-state index in [1.807, 2.05) is 51.1 Å². The molecule has 0 saturated carbocycles. The molecule has 4 nitrogen and oxygen atoms in total. The molecule has 1 aromatic carbocycles. The van der Waals surface area contributed by atoms with Crippen molar-refractivity contribution >= 4 is 10.0 Å². The van der Waals surface area contributed by atoms with Gasteiger partial charge in [-0.25, -0.2) is 8.42 Å². The fourth-order valence-electron chi connectivity index (χ4n) is 2.01. The van der Waals surface area contributed by atoms with E-state index >= 15 is 0 Å². The maximum atomic E-state index is 12.7. The van der Waals surface area contributed by atoms with Gasteiger partial charge in [-0.2, -0.15) is 4.31 Å². The van der Waals surface area contributed by atoms with E-state index in [-0.39, 0.29) is 6.04 Å². The van der Waals surface area contributed by atoms with Gasteiger partial charge in [0.15, 0.2) is 0 Å². The molecule has 5 heteroatoms. The van der Waals surface area contributed by atoms with E-state index in [0.29, 0.717) is 13.1 Å². The summed E-state index contributed by atoms with van der Waals surface area (Å²) in [5, 5.41) is 2.68. The lowest BCUT2D eigenvalue weighted by Crippen LogP contribution is -2.44. The molecular weight excluding hydrogens is 272 g/mol. The summed E-state index contributed by atoms with van der Waals surface area (Å²) in [6.07, 6.45) is 0. The lowest BCUT2D eigenvalue weighted by atomic mass is 10.2. The Labute approximate surface area is 123 Å². The zero-order valence-corrected chi connectivity index (χ0v) is 13.7. The Morgan fingerprint density at radius 2 is 1.75 bits per heavy atom. The third kappa shape index (κ3) is 4.58. The second kappa shape index (κ2) is 7.76. The van der Waals surface area contributed by atoms with Gasteiger partial charge in [0, 0.05) is 19.1 Å². The molecule has 20 heavy (non-hydrogen) atoms. The van der Waals surface area contributed by atoms with Crippen LogP contribution < -0.4 is 5.32 Å². The van der Waals surface area contributed by atoms with Crippen molar-refractivity contribution in [3.8, 4) is 0 Å². The van der Waals surface area contributed by atoms with Gasteiger partial charge in [0.1, 0.15) is 0 Å². The van der Waals surface area contributed by atoms with Crippen LogP contribution in [0.25, 0.3) is 0 Å². The topological polar surface area (TPSA) is 49.4 Å². The molecule has 0 amide bonds. The molecule has 0 aromatic heterocycles. The molecule has 0 saturated heterocycles. The first-order valence-electron chi connectivity index (χ1n) is 7.14. The molecule has 0 spiro atoms. The highest BCUT2D eigenvalue weighted by atomic mass is 32.2. The van der Waals surface area contributed by atoms with E-state index in [9.17, 15) is 8.42 Å². The summed E-state index contributed by atoms with van der Waals surface area (Å²) in [4.78, 5) is 0. The van der Waals surface area contributed by atoms with Gasteiger partial charge in [-0.15, -0.1) is 0 Å². The van der Waals surface area contributed by atoms with Crippen molar-refractivity contribution in [3.63, 3.8) is 0 Å². The van der Waals surface area contributed by atoms with Gasteiger partial charge in [-0.05, 0) is 32.9 Å². The molecular formula is C15H26N2O2S. The minimum atomic E-state index is -3.30. The molecule has 0 aliphatic heterocycles. The predicted molar refractivity (Wildman–Crippen MR) is 84.0 cm³/mol. The molecule has 0 radical (unpaired) electrons. The van der Waals surface area contributed by atoms with Gasteiger partial charge < -0.3 is 5.32 Å². The highest BCUT2D eigenvalue weighted by molar-refractivity contribution is 7.89. The Hall–Kier alpha value is -0.910. The van der Waals surface area contributed by atoms with Crippen LogP contribution in [0.15, 0.2) is 30.3 Å². The van der Waals surface area contributed by atoms with Crippen molar-refractivity contribution in [2.24, 2.45) is 0 Å². The summed E-state index contributed by atoms with van der Waals surface area (Å²) >= 11 is 0. The van der Waals surface area contributed by atoms with Crippen molar-refractivity contribution in [3.05, 3.63) is 35.9 Å². The number of rotatable bonds is 8. The van der Waals surface area contributed by atoms with Gasteiger partial charge in [0.2, 0.25) is 10.0 Å². The second-order valence-electron chi connectivity index (χ2n) is 5.29. The average molecular weight is 298 g/mol. The van der Waals surface area contributed by atoms with Crippen molar-refractivity contribution < 1.29 is 8.42 Å². The first-order valence-corrected chi connectivity index (χ1v) is 8.65. The van der Waals surface area contributed by atoms with Crippen molar-refractivity contribution in [1.82, 2.24) is 9.62 Å². The zero-order valence-electron chi connectivity index (χ0n) is 12.8. The largest absolute Gasteiger partial charge is 0.316 e. The van der Waals surface area contributed by atoms with Crippen LogP contribution in [-0.2, 0) is 16.6 Å². The third-order valence-corrected chi connectivity index (χ3v) is 5.66. The van der Waals surface area contributed by atoms with E-state index in [0.717, 1.165) is 12.1 Å². The number of sulfonamides is 1. The monoisotopic (exact) mass is 298 g/mol. The van der Waals surface area contributed by atoms with Gasteiger partial charge in [-0.1, -0.05) is 37.3 Å². The van der Waals surface area contributed by atoms with Gasteiger partial charge in [-0.3, -0.25) is 0 Å². The standard InChI is InChI=1S/C15H26N2O2S/c1-5-16-11-14(4)20(18,19)17(13(2)3)12-15-9-7-6-8-10-15/h6-10,13-14,16H,5,11-12H2,1-4H3. The molecule has 0 aliphatic rings. The Bertz CT molecular complexity index is 486. The van der Waals surface area contributed by atoms with E-state index < -0.39 is 15.3 Å². The van der Waals surface area contributed by atoms with Crippen LogP contribution in [0.3, 0.4) is 0 Å². The number of nitrogens with zero attached hydrogens (tertiary/aromatic N) is 1. The Morgan fingerprint density at radius 3 is 2.25 bits per heavy atom. The maximum Gasteiger partial charge on any atom is 0.218 e. The molecule has 1 atom stereocenters. The van der Waals surface area contributed by atoms with Gasteiger partial charge in [0.05, 0.1) is 5.25 Å². The molecule has 0 bridgehead atoms. The van der Waals surface area contributed by atoms with Crippen LogP contribution in [-0.4, -0.2) is 37.1 Å². The average Bonchev–Trinajstić information content (AvgIpc) is 2.42. The maximum absolute atomic E-state index is 12.7. The van der Waals surface area contributed by atoms with E-state index in [4.69, 9.17) is 0 Å². The van der Waals surface area contributed by atoms with Crippen LogP contribution in [0.2, 0.25) is 0 Å². The normalized spacial score (nSPS) is 13.9. The molecule has 1 unspecified atom stereocenters. The minimum absolute atomic E-state index is 0.0516. The van der Waals surface area contributed by atoms with Crippen molar-refractivity contribution in [2.75, 3.05) is 13.1 Å². The lowest BCUT2D eigenvalue weighted by Gasteiger charge is -2.29. The number of benzene rings is 1. The van der Waals surface area contributed by atoms with Gasteiger partial charge in [0.25, 0.3) is 0 Å². The lowest BCUT2D eigenvalue weighted by molar-refractivity contribution is 0.343. The molecule has 1 rings (SSSR count). The quantitative estimate of drug-likeness (QED) is 0.800. The molecule has 0 heterocycles. The highest BCUT2D eigenvalue weighted by Gasteiger charge is 2.30. The summed E-state index contributed by atoms with van der Waals surface area (Å²) in [7, 11) is -3.30. The van der Waals surface area contributed by atoms with Crippen LogP contribution in [0, 0.1) is 0 Å². The molecule has 0 aliphatic carbocycles. The Morgan fingerprint density at radius 1 is 1.15 bits per heavy atom. The van der Waals surface area contributed by atoms with Crippen molar-refractivity contribution in [2.45, 2.75) is 45.5 Å². The van der Waals surface area contributed by atoms with Crippen LogP contribution in [0.1, 0.15) is 33.3 Å². The summed E-state index contributed by atoms with van der Waals surface area (Å²) in [6.45, 7) is 9.26. The van der Waals surface area contributed by atoms with Crippen LogP contribution in [0.4, 0.5) is 0 Å². The van der Waals surface area contributed by atoms with E-state index in [2.05, 4.69) is 5.32 Å². The fourth-order valence-corrected chi connectivity index (χ4v) is 3.72. The molecule has 0 fully saturated rings. The summed E-state index contributed by atoms with van der Waals surface area (Å²) in [6, 6.07) is 9.67. The highest BCUT2D eigenvalue weighted by Crippen LogP contribution is 2.17. The number of hydrogen-bond donors (Lipinski definition) is 1. The summed E-state index contributed by atoms with van der Waals surface area (Å²) < 4.78 is 26.9. The summed E-state index contributed by atoms with van der Waals surface area (Å²) in [5.74, 6) is 0. The van der Waals surface area contributed by atoms with Crippen molar-refractivity contribution in [1.29, 1.82) is 0 Å². The van der Waals surface area contributed by atoms with Crippen LogP contribution in [0.5, 0.6) is 0 Å². The first kappa shape index (κ1) is 17.1. The molecule has 1 N–H and O–H groups in total. The van der Waals surface area contributed by atoms with Gasteiger partial charge >= 0.3 is 0 Å². The smallest absolute Gasteiger partial charge is 0.218 e. The van der Waals surface area contributed by atoms with Crippen LogP contribution >= 0.6 is 0 Å². The number of hydrogen-bond acceptors (Lipinski definition) is 3. The second-order valence-corrected chi connectivity index (χ2v) is 7.59. The predicted octanol–water partition coefficient (Wildman–Crippen LogP) is 2.22. The molecule has 114 valence electrons. The molecule has 1 aromatic rings. The Balaban J connectivity index is 2.90.